The minimum absolute atomic E-state index is 0.0648. The third-order valence-corrected chi connectivity index (χ3v) is 3.25. The van der Waals surface area contributed by atoms with Gasteiger partial charge in [-0.1, -0.05) is 0 Å². The Morgan fingerprint density at radius 1 is 1.33 bits per heavy atom. The molecule has 2 aromatic rings. The standard InChI is InChI=1S/C12H13N3O3/c16-11-5-10-8(6-13-11)7-14-15(12(10)17)9-1-3-18-4-2-9/h5-7,9H,1-4H2,(H,13,16). The van der Waals surface area contributed by atoms with Gasteiger partial charge in [0.15, 0.2) is 0 Å². The monoisotopic (exact) mass is 247 g/mol. The summed E-state index contributed by atoms with van der Waals surface area (Å²) in [4.78, 5) is 26.1. The van der Waals surface area contributed by atoms with E-state index < -0.39 is 0 Å². The van der Waals surface area contributed by atoms with Gasteiger partial charge in [-0.15, -0.1) is 0 Å². The number of ether oxygens (including phenoxy) is 1. The van der Waals surface area contributed by atoms with Gasteiger partial charge in [-0.3, -0.25) is 9.59 Å². The second kappa shape index (κ2) is 4.38. The van der Waals surface area contributed by atoms with Gasteiger partial charge in [0.25, 0.3) is 5.56 Å². The lowest BCUT2D eigenvalue weighted by atomic mass is 10.1. The number of rotatable bonds is 1. The Morgan fingerprint density at radius 2 is 2.11 bits per heavy atom. The molecule has 0 radical (unpaired) electrons. The summed E-state index contributed by atoms with van der Waals surface area (Å²) in [6.07, 6.45) is 4.69. The Morgan fingerprint density at radius 3 is 2.89 bits per heavy atom. The van der Waals surface area contributed by atoms with Crippen molar-refractivity contribution < 1.29 is 4.74 Å². The molecule has 0 spiro atoms. The lowest BCUT2D eigenvalue weighted by molar-refractivity contribution is 0.0650. The Labute approximate surface area is 102 Å². The van der Waals surface area contributed by atoms with Crippen molar-refractivity contribution in [3.05, 3.63) is 39.2 Å². The molecule has 1 saturated heterocycles. The largest absolute Gasteiger partial charge is 0.381 e. The van der Waals surface area contributed by atoms with Crippen LogP contribution in [0, 0.1) is 0 Å². The quantitative estimate of drug-likeness (QED) is 0.793. The van der Waals surface area contributed by atoms with Crippen LogP contribution < -0.4 is 11.1 Å². The Kier molecular flexibility index (Phi) is 2.71. The molecule has 1 fully saturated rings. The molecule has 0 amide bonds. The predicted molar refractivity (Wildman–Crippen MR) is 65.7 cm³/mol. The van der Waals surface area contributed by atoms with Crippen LogP contribution in [-0.4, -0.2) is 28.0 Å². The van der Waals surface area contributed by atoms with Crippen molar-refractivity contribution in [2.45, 2.75) is 18.9 Å². The van der Waals surface area contributed by atoms with Gasteiger partial charge in [0.2, 0.25) is 5.56 Å². The highest BCUT2D eigenvalue weighted by atomic mass is 16.5. The maximum atomic E-state index is 12.3. The summed E-state index contributed by atoms with van der Waals surface area (Å²) in [5.74, 6) is 0. The van der Waals surface area contributed by atoms with Gasteiger partial charge in [0.05, 0.1) is 17.6 Å². The van der Waals surface area contributed by atoms with Crippen molar-refractivity contribution in [3.8, 4) is 0 Å². The first-order valence-corrected chi connectivity index (χ1v) is 5.94. The molecule has 1 aliphatic heterocycles. The summed E-state index contributed by atoms with van der Waals surface area (Å²) in [5.41, 5.74) is -0.477. The van der Waals surface area contributed by atoms with Gasteiger partial charge in [0, 0.05) is 30.9 Å². The summed E-state index contributed by atoms with van der Waals surface area (Å²) in [6.45, 7) is 1.29. The van der Waals surface area contributed by atoms with E-state index in [0.717, 1.165) is 12.8 Å². The van der Waals surface area contributed by atoms with Crippen LogP contribution in [0.15, 0.2) is 28.0 Å². The molecule has 2 aromatic heterocycles. The number of aromatic nitrogens is 3. The average molecular weight is 247 g/mol. The van der Waals surface area contributed by atoms with Crippen LogP contribution >= 0.6 is 0 Å². The molecule has 0 aromatic carbocycles. The van der Waals surface area contributed by atoms with Gasteiger partial charge in [-0.2, -0.15) is 5.10 Å². The molecule has 0 unspecified atom stereocenters. The minimum Gasteiger partial charge on any atom is -0.381 e. The maximum absolute atomic E-state index is 12.3. The molecule has 94 valence electrons. The Hall–Kier alpha value is -1.95. The molecule has 3 rings (SSSR count). The van der Waals surface area contributed by atoms with Crippen molar-refractivity contribution >= 4 is 10.8 Å². The van der Waals surface area contributed by atoms with Crippen molar-refractivity contribution in [1.82, 2.24) is 14.8 Å². The van der Waals surface area contributed by atoms with Crippen molar-refractivity contribution in [3.63, 3.8) is 0 Å². The molecule has 0 saturated carbocycles. The molecule has 1 aliphatic rings. The molecule has 3 heterocycles. The molecular formula is C12H13N3O3. The fraction of sp³-hybridized carbons (Fsp3) is 0.417. The smallest absolute Gasteiger partial charge is 0.275 e. The van der Waals surface area contributed by atoms with Crippen LogP contribution in [0.3, 0.4) is 0 Å². The maximum Gasteiger partial charge on any atom is 0.275 e. The van der Waals surface area contributed by atoms with E-state index >= 15 is 0 Å². The van der Waals surface area contributed by atoms with Crippen LogP contribution in [0.25, 0.3) is 10.8 Å². The first-order chi connectivity index (χ1) is 8.75. The van der Waals surface area contributed by atoms with E-state index in [-0.39, 0.29) is 17.2 Å². The number of pyridine rings is 1. The zero-order valence-electron chi connectivity index (χ0n) is 9.76. The number of H-pyrrole nitrogens is 1. The van der Waals surface area contributed by atoms with Gasteiger partial charge in [0.1, 0.15) is 0 Å². The Balaban J connectivity index is 2.16. The normalized spacial score (nSPS) is 17.1. The van der Waals surface area contributed by atoms with E-state index in [1.54, 1.807) is 6.20 Å². The second-order valence-electron chi connectivity index (χ2n) is 4.40. The molecule has 6 heteroatoms. The predicted octanol–water partition coefficient (Wildman–Crippen LogP) is 0.436. The molecular weight excluding hydrogens is 234 g/mol. The molecule has 0 aliphatic carbocycles. The zero-order valence-corrected chi connectivity index (χ0v) is 9.76. The number of nitrogens with one attached hydrogen (secondary N) is 1. The topological polar surface area (TPSA) is 77.0 Å². The minimum atomic E-state index is -0.274. The molecule has 6 nitrogen and oxygen atoms in total. The van der Waals surface area contributed by atoms with Crippen molar-refractivity contribution in [2.75, 3.05) is 13.2 Å². The third kappa shape index (κ3) is 1.84. The van der Waals surface area contributed by atoms with Gasteiger partial charge >= 0.3 is 0 Å². The highest BCUT2D eigenvalue weighted by Gasteiger charge is 2.18. The number of hydrogen-bond donors (Lipinski definition) is 1. The number of nitrogens with zero attached hydrogens (tertiary/aromatic N) is 2. The number of hydrogen-bond acceptors (Lipinski definition) is 4. The van der Waals surface area contributed by atoms with E-state index in [1.807, 2.05) is 0 Å². The first-order valence-electron chi connectivity index (χ1n) is 5.94. The average Bonchev–Trinajstić information content (AvgIpc) is 2.41. The van der Waals surface area contributed by atoms with E-state index in [9.17, 15) is 9.59 Å². The zero-order chi connectivity index (χ0) is 12.5. The van der Waals surface area contributed by atoms with Crippen LogP contribution in [-0.2, 0) is 4.74 Å². The van der Waals surface area contributed by atoms with E-state index in [1.165, 1.54) is 16.9 Å². The summed E-state index contributed by atoms with van der Waals surface area (Å²) in [6, 6.07) is 1.39. The van der Waals surface area contributed by atoms with Gasteiger partial charge in [-0.25, -0.2) is 4.68 Å². The van der Waals surface area contributed by atoms with E-state index in [0.29, 0.717) is 24.0 Å². The Bertz CT molecular complexity index is 683. The van der Waals surface area contributed by atoms with Gasteiger partial charge in [-0.05, 0) is 12.8 Å². The van der Waals surface area contributed by atoms with Gasteiger partial charge < -0.3 is 9.72 Å². The molecule has 1 N–H and O–H groups in total. The van der Waals surface area contributed by atoms with Crippen molar-refractivity contribution in [2.24, 2.45) is 0 Å². The highest BCUT2D eigenvalue weighted by Crippen LogP contribution is 2.18. The van der Waals surface area contributed by atoms with Crippen LogP contribution in [0.4, 0.5) is 0 Å². The van der Waals surface area contributed by atoms with Crippen LogP contribution in [0.1, 0.15) is 18.9 Å². The lowest BCUT2D eigenvalue weighted by Gasteiger charge is -2.23. The molecule has 18 heavy (non-hydrogen) atoms. The molecule has 0 atom stereocenters. The number of aromatic amines is 1. The van der Waals surface area contributed by atoms with E-state index in [4.69, 9.17) is 4.74 Å². The highest BCUT2D eigenvalue weighted by molar-refractivity contribution is 5.79. The first kappa shape index (κ1) is 11.2. The summed E-state index contributed by atoms with van der Waals surface area (Å²) >= 11 is 0. The second-order valence-corrected chi connectivity index (χ2v) is 4.40. The summed E-state index contributed by atoms with van der Waals surface area (Å²) < 4.78 is 6.75. The summed E-state index contributed by atoms with van der Waals surface area (Å²) in [7, 11) is 0. The molecule has 0 bridgehead atoms. The summed E-state index contributed by atoms with van der Waals surface area (Å²) in [5, 5.41) is 5.26. The van der Waals surface area contributed by atoms with Crippen LogP contribution in [0.5, 0.6) is 0 Å². The fourth-order valence-corrected chi connectivity index (χ4v) is 2.26. The lowest BCUT2D eigenvalue weighted by Crippen LogP contribution is -2.31. The van der Waals surface area contributed by atoms with E-state index in [2.05, 4.69) is 10.1 Å². The SMILES string of the molecule is O=c1cc2c(=O)n(C3CCOCC3)ncc2c[nH]1. The third-order valence-electron chi connectivity index (χ3n) is 3.25. The number of fused-ring (bicyclic) bond motifs is 1. The van der Waals surface area contributed by atoms with Crippen LogP contribution in [0.2, 0.25) is 0 Å². The fourth-order valence-electron chi connectivity index (χ4n) is 2.26. The van der Waals surface area contributed by atoms with Crippen molar-refractivity contribution in [1.29, 1.82) is 0 Å².